The first-order valence-corrected chi connectivity index (χ1v) is 12.6. The highest BCUT2D eigenvalue weighted by molar-refractivity contribution is 6.10. The smallest absolute Gasteiger partial charge is 0.193 e. The van der Waals surface area contributed by atoms with Crippen molar-refractivity contribution in [2.75, 3.05) is 0 Å². The van der Waals surface area contributed by atoms with Crippen molar-refractivity contribution in [3.63, 3.8) is 0 Å². The fourth-order valence-electron chi connectivity index (χ4n) is 3.97. The van der Waals surface area contributed by atoms with Crippen LogP contribution in [-0.2, 0) is 12.8 Å². The van der Waals surface area contributed by atoms with Crippen LogP contribution in [0.5, 0.6) is 0 Å². The third kappa shape index (κ3) is 9.51. The van der Waals surface area contributed by atoms with E-state index in [-0.39, 0.29) is 5.78 Å². The molecule has 0 radical (unpaired) electrons. The van der Waals surface area contributed by atoms with Crippen LogP contribution in [0.15, 0.2) is 95.1 Å². The van der Waals surface area contributed by atoms with E-state index in [1.807, 2.05) is 42.5 Å². The molecule has 0 fully saturated rings. The first-order chi connectivity index (χ1) is 16.3. The van der Waals surface area contributed by atoms with E-state index in [1.165, 1.54) is 27.9 Å². The molecule has 0 saturated carbocycles. The Hall–Kier alpha value is -2.93. The number of hydrogen-bond donors (Lipinski definition) is 0. The molecule has 0 aliphatic rings. The second-order valence-corrected chi connectivity index (χ2v) is 9.79. The molecule has 0 spiro atoms. The van der Waals surface area contributed by atoms with Crippen molar-refractivity contribution in [2.45, 2.75) is 80.1 Å². The molecule has 180 valence electrons. The number of benzene rings is 2. The number of hydrogen-bond acceptors (Lipinski definition) is 1. The van der Waals surface area contributed by atoms with E-state index in [0.717, 1.165) is 55.2 Å². The zero-order chi connectivity index (χ0) is 24.9. The van der Waals surface area contributed by atoms with Gasteiger partial charge in [-0.25, -0.2) is 0 Å². The first kappa shape index (κ1) is 27.3. The van der Waals surface area contributed by atoms with Gasteiger partial charge in [-0.1, -0.05) is 95.1 Å². The van der Waals surface area contributed by atoms with Gasteiger partial charge >= 0.3 is 0 Å². The van der Waals surface area contributed by atoms with Crippen LogP contribution in [-0.4, -0.2) is 5.78 Å². The highest BCUT2D eigenvalue weighted by atomic mass is 16.1. The van der Waals surface area contributed by atoms with Gasteiger partial charge in [-0.2, -0.15) is 0 Å². The van der Waals surface area contributed by atoms with Crippen LogP contribution < -0.4 is 0 Å². The molecule has 1 heteroatoms. The Bertz CT molecular complexity index is 1050. The van der Waals surface area contributed by atoms with Gasteiger partial charge in [0.1, 0.15) is 0 Å². The molecule has 1 nitrogen and oxygen atoms in total. The topological polar surface area (TPSA) is 17.1 Å². The van der Waals surface area contributed by atoms with Crippen molar-refractivity contribution in [2.24, 2.45) is 0 Å². The summed E-state index contributed by atoms with van der Waals surface area (Å²) in [5.74, 6) is 0.109. The Morgan fingerprint density at radius 3 is 1.76 bits per heavy atom. The second kappa shape index (κ2) is 14.4. The molecule has 0 heterocycles. The summed E-state index contributed by atoms with van der Waals surface area (Å²) in [5.41, 5.74) is 9.49. The van der Waals surface area contributed by atoms with Crippen LogP contribution in [0.2, 0.25) is 0 Å². The average Bonchev–Trinajstić information content (AvgIpc) is 2.81. The minimum Gasteiger partial charge on any atom is -0.289 e. The third-order valence-corrected chi connectivity index (χ3v) is 6.06. The highest BCUT2D eigenvalue weighted by Gasteiger charge is 2.15. The molecule has 0 amide bonds. The zero-order valence-electron chi connectivity index (χ0n) is 22.1. The van der Waals surface area contributed by atoms with E-state index in [0.29, 0.717) is 0 Å². The number of carbonyl (C=O) groups is 1. The molecule has 0 bridgehead atoms. The lowest BCUT2D eigenvalue weighted by molar-refractivity contribution is 0.103. The monoisotopic (exact) mass is 454 g/mol. The lowest BCUT2D eigenvalue weighted by Crippen LogP contribution is -2.08. The molecule has 34 heavy (non-hydrogen) atoms. The lowest BCUT2D eigenvalue weighted by atomic mass is 9.90. The SMILES string of the molecule is CC(C)=CCC/C(C)=C/Cc1cccc(C(=O)c2ccccc2)c1C/C=C(\C)CCC=C(C)C. The molecule has 0 unspecified atom stereocenters. The second-order valence-electron chi connectivity index (χ2n) is 9.79. The van der Waals surface area contributed by atoms with E-state index in [2.05, 4.69) is 71.9 Å². The Morgan fingerprint density at radius 1 is 0.647 bits per heavy atom. The fourth-order valence-corrected chi connectivity index (χ4v) is 3.97. The molecule has 0 aromatic heterocycles. The van der Waals surface area contributed by atoms with Crippen LogP contribution in [0, 0.1) is 0 Å². The van der Waals surface area contributed by atoms with Crippen molar-refractivity contribution in [1.29, 1.82) is 0 Å². The maximum atomic E-state index is 13.4. The average molecular weight is 455 g/mol. The van der Waals surface area contributed by atoms with Gasteiger partial charge in [0, 0.05) is 11.1 Å². The molecule has 0 atom stereocenters. The first-order valence-electron chi connectivity index (χ1n) is 12.6. The highest BCUT2D eigenvalue weighted by Crippen LogP contribution is 2.23. The van der Waals surface area contributed by atoms with Gasteiger partial charge in [0.15, 0.2) is 5.78 Å². The molecular formula is C33H42O. The summed E-state index contributed by atoms with van der Waals surface area (Å²) in [4.78, 5) is 13.4. The predicted octanol–water partition coefficient (Wildman–Crippen LogP) is 9.39. The van der Waals surface area contributed by atoms with Crippen molar-refractivity contribution in [3.8, 4) is 0 Å². The van der Waals surface area contributed by atoms with Crippen molar-refractivity contribution in [3.05, 3.63) is 117 Å². The molecule has 2 aromatic rings. The lowest BCUT2D eigenvalue weighted by Gasteiger charge is -2.13. The summed E-state index contributed by atoms with van der Waals surface area (Å²) in [6.07, 6.45) is 15.2. The van der Waals surface area contributed by atoms with Gasteiger partial charge in [-0.15, -0.1) is 0 Å². The Kier molecular flexibility index (Phi) is 11.5. The molecular weight excluding hydrogens is 412 g/mol. The normalized spacial score (nSPS) is 11.8. The number of ketones is 1. The number of rotatable bonds is 12. The summed E-state index contributed by atoms with van der Waals surface area (Å²) in [6, 6.07) is 15.8. The van der Waals surface area contributed by atoms with Gasteiger partial charge in [0.2, 0.25) is 0 Å². The molecule has 0 aliphatic carbocycles. The van der Waals surface area contributed by atoms with E-state index in [4.69, 9.17) is 0 Å². The van der Waals surface area contributed by atoms with Gasteiger partial charge in [-0.3, -0.25) is 4.79 Å². The van der Waals surface area contributed by atoms with Crippen LogP contribution >= 0.6 is 0 Å². The predicted molar refractivity (Wildman–Crippen MR) is 149 cm³/mol. The zero-order valence-corrected chi connectivity index (χ0v) is 22.1. The maximum absolute atomic E-state index is 13.4. The Labute approximate surface area is 208 Å². The summed E-state index contributed by atoms with van der Waals surface area (Å²) in [6.45, 7) is 13.0. The van der Waals surface area contributed by atoms with Crippen LogP contribution in [0.1, 0.15) is 94.3 Å². The third-order valence-electron chi connectivity index (χ3n) is 6.06. The van der Waals surface area contributed by atoms with Gasteiger partial charge in [-0.05, 0) is 91.2 Å². The van der Waals surface area contributed by atoms with Crippen molar-refractivity contribution in [1.82, 2.24) is 0 Å². The Morgan fingerprint density at radius 2 is 1.21 bits per heavy atom. The summed E-state index contributed by atoms with van der Waals surface area (Å²) in [7, 11) is 0. The van der Waals surface area contributed by atoms with Gasteiger partial charge in [0.25, 0.3) is 0 Å². The minimum atomic E-state index is 0.109. The van der Waals surface area contributed by atoms with E-state index < -0.39 is 0 Å². The molecule has 2 aromatic carbocycles. The van der Waals surface area contributed by atoms with Crippen LogP contribution in [0.4, 0.5) is 0 Å². The summed E-state index contributed by atoms with van der Waals surface area (Å²) in [5, 5.41) is 0. The fraction of sp³-hybridized carbons (Fsp3) is 0.364. The summed E-state index contributed by atoms with van der Waals surface area (Å²) < 4.78 is 0. The standard InChI is InChI=1S/C33H42O/c1-25(2)13-10-15-27(5)21-23-29-19-12-20-32(33(34)30-17-8-7-9-18-30)31(29)24-22-28(6)16-11-14-26(3)4/h7-9,12-14,17-22H,10-11,15-16,23-24H2,1-6H3/b27-21+,28-22+. The maximum Gasteiger partial charge on any atom is 0.193 e. The largest absolute Gasteiger partial charge is 0.289 e. The molecule has 0 N–H and O–H groups in total. The van der Waals surface area contributed by atoms with Crippen LogP contribution in [0.3, 0.4) is 0 Å². The van der Waals surface area contributed by atoms with E-state index >= 15 is 0 Å². The van der Waals surface area contributed by atoms with Crippen molar-refractivity contribution >= 4 is 5.78 Å². The molecule has 0 saturated heterocycles. The van der Waals surface area contributed by atoms with E-state index in [1.54, 1.807) is 0 Å². The van der Waals surface area contributed by atoms with Crippen molar-refractivity contribution < 1.29 is 4.79 Å². The van der Waals surface area contributed by atoms with E-state index in [9.17, 15) is 4.79 Å². The Balaban J connectivity index is 2.32. The van der Waals surface area contributed by atoms with Gasteiger partial charge < -0.3 is 0 Å². The molecule has 2 rings (SSSR count). The molecule has 0 aliphatic heterocycles. The summed E-state index contributed by atoms with van der Waals surface area (Å²) >= 11 is 0. The minimum absolute atomic E-state index is 0.109. The number of carbonyl (C=O) groups excluding carboxylic acids is 1. The van der Waals surface area contributed by atoms with Crippen LogP contribution in [0.25, 0.3) is 0 Å². The quantitative estimate of drug-likeness (QED) is 0.230. The number of allylic oxidation sites excluding steroid dienone is 8. The van der Waals surface area contributed by atoms with Gasteiger partial charge in [0.05, 0.1) is 0 Å².